The predicted molar refractivity (Wildman–Crippen MR) is 91.6 cm³/mol. The topological polar surface area (TPSA) is 39.2 Å². The summed E-state index contributed by atoms with van der Waals surface area (Å²) in [6.45, 7) is 6.03. The summed E-state index contributed by atoms with van der Waals surface area (Å²) in [5, 5.41) is 0.0368. The highest BCUT2D eigenvalue weighted by Gasteiger charge is 2.19. The highest BCUT2D eigenvalue weighted by atomic mass is 32.2. The average Bonchev–Trinajstić information content (AvgIpc) is 2.52. The molecule has 0 radical (unpaired) electrons. The number of hydrogen-bond acceptors (Lipinski definition) is 3. The molecule has 0 aliphatic heterocycles. The van der Waals surface area contributed by atoms with Gasteiger partial charge in [-0.2, -0.15) is 0 Å². The van der Waals surface area contributed by atoms with Crippen molar-refractivity contribution in [1.29, 1.82) is 0 Å². The number of pyridine rings is 1. The Labute approximate surface area is 135 Å². The number of aryl methyl sites for hydroxylation is 1. The Hall–Kier alpha value is -1.68. The number of methoxy groups -OCH3 is 1. The molecule has 4 heteroatoms. The fourth-order valence-electron chi connectivity index (χ4n) is 2.69. The van der Waals surface area contributed by atoms with Crippen LogP contribution in [0.1, 0.15) is 41.0 Å². The van der Waals surface area contributed by atoms with Gasteiger partial charge in [0.1, 0.15) is 5.75 Å². The van der Waals surface area contributed by atoms with Gasteiger partial charge in [0, 0.05) is 28.1 Å². The number of hydrogen-bond donors (Lipinski definition) is 0. The zero-order chi connectivity index (χ0) is 16.1. The van der Waals surface area contributed by atoms with E-state index in [-0.39, 0.29) is 5.25 Å². The molecule has 0 saturated heterocycles. The van der Waals surface area contributed by atoms with Crippen LogP contribution < -0.4 is 4.74 Å². The van der Waals surface area contributed by atoms with E-state index in [1.54, 1.807) is 13.3 Å². The molecule has 3 nitrogen and oxygen atoms in total. The Morgan fingerprint density at radius 3 is 2.50 bits per heavy atom. The van der Waals surface area contributed by atoms with Crippen LogP contribution in [-0.2, 0) is 16.6 Å². The van der Waals surface area contributed by atoms with Crippen LogP contribution in [0.3, 0.4) is 0 Å². The summed E-state index contributed by atoms with van der Waals surface area (Å²) < 4.78 is 18.2. The number of ether oxygens (including phenoxy) is 1. The molecular weight excluding hydrogens is 294 g/mol. The summed E-state index contributed by atoms with van der Waals surface area (Å²) in [5.74, 6) is 1.30. The third-order valence-electron chi connectivity index (χ3n) is 3.89. The van der Waals surface area contributed by atoms with Crippen molar-refractivity contribution in [3.8, 4) is 5.75 Å². The second kappa shape index (κ2) is 7.54. The summed E-state index contributed by atoms with van der Waals surface area (Å²) in [5.41, 5.74) is 3.97. The van der Waals surface area contributed by atoms with E-state index in [9.17, 15) is 4.21 Å². The first kappa shape index (κ1) is 16.7. The third-order valence-corrected chi connectivity index (χ3v) is 5.69. The zero-order valence-corrected chi connectivity index (χ0v) is 14.4. The van der Waals surface area contributed by atoms with Crippen molar-refractivity contribution in [2.24, 2.45) is 0 Å². The SMILES string of the molecule is CC[C@@H](c1ccccc1)[S@@](=O)Cc1ncc(C)c(OC)c1C. The normalized spacial score (nSPS) is 13.6. The van der Waals surface area contributed by atoms with Gasteiger partial charge >= 0.3 is 0 Å². The summed E-state index contributed by atoms with van der Waals surface area (Å²) in [7, 11) is 0.657. The van der Waals surface area contributed by atoms with E-state index in [2.05, 4.69) is 11.9 Å². The van der Waals surface area contributed by atoms with Crippen molar-refractivity contribution < 1.29 is 8.95 Å². The lowest BCUT2D eigenvalue weighted by Gasteiger charge is -2.17. The Kier molecular flexibility index (Phi) is 5.72. The fourth-order valence-corrected chi connectivity index (χ4v) is 4.29. The Balaban J connectivity index is 2.25. The van der Waals surface area contributed by atoms with Gasteiger partial charge in [-0.15, -0.1) is 0 Å². The van der Waals surface area contributed by atoms with E-state index < -0.39 is 10.8 Å². The molecule has 0 aliphatic rings. The van der Waals surface area contributed by atoms with Crippen LogP contribution in [0.25, 0.3) is 0 Å². The van der Waals surface area contributed by atoms with E-state index in [0.29, 0.717) is 5.75 Å². The van der Waals surface area contributed by atoms with Crippen molar-refractivity contribution in [1.82, 2.24) is 4.98 Å². The minimum atomic E-state index is -1.00. The van der Waals surface area contributed by atoms with Crippen molar-refractivity contribution in [2.45, 2.75) is 38.2 Å². The second-order valence-corrected chi connectivity index (χ2v) is 7.00. The summed E-state index contributed by atoms with van der Waals surface area (Å²) in [6.07, 6.45) is 2.64. The first-order chi connectivity index (χ1) is 10.6. The lowest BCUT2D eigenvalue weighted by molar-refractivity contribution is 0.407. The van der Waals surface area contributed by atoms with Crippen LogP contribution in [0.5, 0.6) is 5.75 Å². The Morgan fingerprint density at radius 2 is 1.91 bits per heavy atom. The van der Waals surface area contributed by atoms with Crippen LogP contribution in [0.15, 0.2) is 36.5 Å². The lowest BCUT2D eigenvalue weighted by atomic mass is 10.1. The average molecular weight is 317 g/mol. The first-order valence-corrected chi connectivity index (χ1v) is 8.87. The Bertz CT molecular complexity index is 656. The van der Waals surface area contributed by atoms with Crippen LogP contribution in [0.4, 0.5) is 0 Å². The minimum Gasteiger partial charge on any atom is -0.496 e. The predicted octanol–water partition coefficient (Wildman–Crippen LogP) is 4.11. The first-order valence-electron chi connectivity index (χ1n) is 7.49. The van der Waals surface area contributed by atoms with Gasteiger partial charge in [0.05, 0.1) is 23.8 Å². The van der Waals surface area contributed by atoms with Gasteiger partial charge in [-0.3, -0.25) is 9.19 Å². The van der Waals surface area contributed by atoms with Crippen molar-refractivity contribution in [3.63, 3.8) is 0 Å². The fraction of sp³-hybridized carbons (Fsp3) is 0.389. The van der Waals surface area contributed by atoms with E-state index >= 15 is 0 Å². The summed E-state index contributed by atoms with van der Waals surface area (Å²) in [6, 6.07) is 10.1. The molecule has 1 aromatic heterocycles. The molecule has 2 aromatic rings. The van der Waals surface area contributed by atoms with Crippen molar-refractivity contribution in [2.75, 3.05) is 7.11 Å². The smallest absolute Gasteiger partial charge is 0.128 e. The van der Waals surface area contributed by atoms with Gasteiger partial charge in [0.25, 0.3) is 0 Å². The molecule has 22 heavy (non-hydrogen) atoms. The molecule has 0 N–H and O–H groups in total. The molecule has 0 saturated carbocycles. The highest BCUT2D eigenvalue weighted by Crippen LogP contribution is 2.29. The zero-order valence-electron chi connectivity index (χ0n) is 13.6. The number of nitrogens with zero attached hydrogens (tertiary/aromatic N) is 1. The molecule has 2 rings (SSSR count). The molecule has 2 atom stereocenters. The minimum absolute atomic E-state index is 0.0368. The van der Waals surface area contributed by atoms with Crippen LogP contribution >= 0.6 is 0 Å². The largest absolute Gasteiger partial charge is 0.496 e. The number of benzene rings is 1. The molecule has 0 spiro atoms. The van der Waals surface area contributed by atoms with E-state index in [4.69, 9.17) is 4.74 Å². The van der Waals surface area contributed by atoms with Crippen molar-refractivity contribution >= 4 is 10.8 Å². The quantitative estimate of drug-likeness (QED) is 0.805. The van der Waals surface area contributed by atoms with Crippen molar-refractivity contribution in [3.05, 3.63) is 58.9 Å². The van der Waals surface area contributed by atoms with E-state index in [0.717, 1.165) is 34.6 Å². The molecule has 0 fully saturated rings. The molecule has 1 aromatic carbocycles. The number of aromatic nitrogens is 1. The van der Waals surface area contributed by atoms with Gasteiger partial charge in [0.2, 0.25) is 0 Å². The van der Waals surface area contributed by atoms with Gasteiger partial charge < -0.3 is 4.74 Å². The maximum atomic E-state index is 12.8. The maximum Gasteiger partial charge on any atom is 0.128 e. The molecule has 1 heterocycles. The van der Waals surface area contributed by atoms with Gasteiger partial charge in [-0.25, -0.2) is 0 Å². The lowest BCUT2D eigenvalue weighted by Crippen LogP contribution is -2.10. The van der Waals surface area contributed by atoms with Gasteiger partial charge in [-0.1, -0.05) is 37.3 Å². The van der Waals surface area contributed by atoms with Crippen LogP contribution in [0.2, 0.25) is 0 Å². The number of rotatable bonds is 6. The van der Waals surface area contributed by atoms with Gasteiger partial charge in [0.15, 0.2) is 0 Å². The van der Waals surface area contributed by atoms with Crippen LogP contribution in [0, 0.1) is 13.8 Å². The molecule has 0 unspecified atom stereocenters. The Morgan fingerprint density at radius 1 is 1.23 bits per heavy atom. The molecular formula is C18H23NO2S. The monoisotopic (exact) mass is 317 g/mol. The molecule has 0 bridgehead atoms. The van der Waals surface area contributed by atoms with E-state index in [1.807, 2.05) is 44.2 Å². The summed E-state index contributed by atoms with van der Waals surface area (Å²) in [4.78, 5) is 4.46. The van der Waals surface area contributed by atoms with E-state index in [1.165, 1.54) is 0 Å². The highest BCUT2D eigenvalue weighted by molar-refractivity contribution is 7.84. The maximum absolute atomic E-state index is 12.8. The standard InChI is InChI=1S/C18H23NO2S/c1-5-17(15-9-7-6-8-10-15)22(20)12-16-14(3)18(21-4)13(2)11-19-16/h6-11,17H,5,12H2,1-4H3/t17-,22-/m0/s1. The third kappa shape index (κ3) is 3.55. The molecule has 0 amide bonds. The second-order valence-electron chi connectivity index (χ2n) is 5.38. The van der Waals surface area contributed by atoms with Crippen LogP contribution in [-0.4, -0.2) is 16.3 Å². The molecule has 0 aliphatic carbocycles. The molecule has 118 valence electrons. The van der Waals surface area contributed by atoms with Gasteiger partial charge in [-0.05, 0) is 25.8 Å². The summed E-state index contributed by atoms with van der Waals surface area (Å²) >= 11 is 0.